The lowest BCUT2D eigenvalue weighted by Crippen LogP contribution is -2.45. The Kier molecular flexibility index (Phi) is 4.63. The topological polar surface area (TPSA) is 113 Å². The number of nitrogens with one attached hydrogen (secondary N) is 1. The van der Waals surface area contributed by atoms with Crippen molar-refractivity contribution in [2.24, 2.45) is 0 Å². The zero-order chi connectivity index (χ0) is 16.5. The van der Waals surface area contributed by atoms with Crippen LogP contribution in [0.5, 0.6) is 0 Å². The number of allylic oxidation sites excluding steroid dienone is 1. The third-order valence-electron chi connectivity index (χ3n) is 3.12. The number of thioether (sulfide) groups is 1. The quantitative estimate of drug-likeness (QED) is 0.379. The van der Waals surface area contributed by atoms with Crippen LogP contribution in [-0.2, 0) is 24.0 Å². The van der Waals surface area contributed by atoms with Crippen molar-refractivity contribution in [3.05, 3.63) is 11.8 Å². The first-order valence-electron chi connectivity index (χ1n) is 6.16. The van der Waals surface area contributed by atoms with E-state index in [0.29, 0.717) is 6.29 Å². The van der Waals surface area contributed by atoms with Crippen molar-refractivity contribution in [2.75, 3.05) is 6.54 Å². The van der Waals surface area contributed by atoms with Crippen LogP contribution in [0.25, 0.3) is 0 Å². The molecule has 0 bridgehead atoms. The summed E-state index contributed by atoms with van der Waals surface area (Å²) in [4.78, 5) is 51.4. The molecule has 2 atom stereocenters. The predicted octanol–water partition coefficient (Wildman–Crippen LogP) is -0.365. The van der Waals surface area contributed by atoms with Crippen LogP contribution in [0, 0.1) is 0 Å². The van der Waals surface area contributed by atoms with Gasteiger partial charge in [0.1, 0.15) is 33.7 Å². The highest BCUT2D eigenvalue weighted by molar-refractivity contribution is 8.24. The van der Waals surface area contributed by atoms with Crippen molar-refractivity contribution in [3.63, 3.8) is 0 Å². The van der Waals surface area contributed by atoms with Crippen molar-refractivity contribution in [2.45, 2.75) is 24.2 Å². The maximum atomic E-state index is 12.3. The average molecular weight is 344 g/mol. The Hall–Kier alpha value is -1.78. The maximum absolute atomic E-state index is 12.3. The number of nitrogens with zero attached hydrogens (tertiary/aromatic N) is 1. The highest BCUT2D eigenvalue weighted by atomic mass is 32.2. The molecular weight excluding hydrogens is 332 g/mol. The Labute approximate surface area is 134 Å². The second-order valence-corrected chi connectivity index (χ2v) is 6.56. The standard InChI is InChI=1S/C12H12N2O6S2/c1-12(4-6(13-20-12)7(16)2-3-15)9-10(19)14(5-8(17)18)11(21)22-9/h3-4,9,13H,2,5H2,1H3,(H,17,18). The summed E-state index contributed by atoms with van der Waals surface area (Å²) in [5, 5.41) is 7.99. The molecular formula is C12H12N2O6S2. The molecule has 0 aromatic carbocycles. The van der Waals surface area contributed by atoms with E-state index in [1.807, 2.05) is 0 Å². The molecule has 0 aliphatic carbocycles. The van der Waals surface area contributed by atoms with E-state index in [9.17, 15) is 19.2 Å². The highest BCUT2D eigenvalue weighted by Crippen LogP contribution is 2.39. The van der Waals surface area contributed by atoms with Gasteiger partial charge in [-0.05, 0) is 13.0 Å². The summed E-state index contributed by atoms with van der Waals surface area (Å²) < 4.78 is 0.142. The Morgan fingerprint density at radius 3 is 2.91 bits per heavy atom. The summed E-state index contributed by atoms with van der Waals surface area (Å²) >= 11 is 6.02. The second-order valence-electron chi connectivity index (χ2n) is 4.82. The average Bonchev–Trinajstić information content (AvgIpc) is 2.96. The fourth-order valence-electron chi connectivity index (χ4n) is 2.05. The number of hydroxylamine groups is 1. The molecule has 0 aromatic rings. The Morgan fingerprint density at radius 1 is 1.64 bits per heavy atom. The smallest absolute Gasteiger partial charge is 0.323 e. The summed E-state index contributed by atoms with van der Waals surface area (Å²) in [6, 6.07) is 0. The van der Waals surface area contributed by atoms with Crippen LogP contribution in [0.15, 0.2) is 11.8 Å². The molecule has 2 unspecified atom stereocenters. The van der Waals surface area contributed by atoms with Gasteiger partial charge in [0.05, 0.1) is 6.42 Å². The van der Waals surface area contributed by atoms with Crippen LogP contribution in [0.3, 0.4) is 0 Å². The summed E-state index contributed by atoms with van der Waals surface area (Å²) in [7, 11) is 0. The third-order valence-corrected chi connectivity index (χ3v) is 4.96. The molecule has 0 radical (unpaired) electrons. The van der Waals surface area contributed by atoms with E-state index in [4.69, 9.17) is 22.2 Å². The van der Waals surface area contributed by atoms with E-state index < -0.39 is 35.1 Å². The monoisotopic (exact) mass is 344 g/mol. The number of carbonyl (C=O) groups excluding carboxylic acids is 3. The van der Waals surface area contributed by atoms with Crippen molar-refractivity contribution >= 4 is 52.2 Å². The molecule has 8 nitrogen and oxygen atoms in total. The summed E-state index contributed by atoms with van der Waals surface area (Å²) in [5.74, 6) is -2.13. The molecule has 2 aliphatic rings. The molecule has 1 saturated heterocycles. The lowest BCUT2D eigenvalue weighted by molar-refractivity contribution is -0.142. The molecule has 2 rings (SSSR count). The molecule has 10 heteroatoms. The minimum absolute atomic E-state index is 0.0885. The number of Topliss-reactive ketones (excluding diaryl/α,β-unsaturated/α-hetero) is 1. The Bertz CT molecular complexity index is 604. The van der Waals surface area contributed by atoms with Crippen molar-refractivity contribution < 1.29 is 29.1 Å². The molecule has 1 fully saturated rings. The predicted molar refractivity (Wildman–Crippen MR) is 79.7 cm³/mol. The van der Waals surface area contributed by atoms with Crippen molar-refractivity contribution in [1.29, 1.82) is 0 Å². The van der Waals surface area contributed by atoms with E-state index in [-0.39, 0.29) is 16.4 Å². The van der Waals surface area contributed by atoms with Gasteiger partial charge in [0.2, 0.25) is 5.91 Å². The minimum Gasteiger partial charge on any atom is -0.480 e. The Balaban J connectivity index is 2.20. The van der Waals surface area contributed by atoms with Gasteiger partial charge in [-0.15, -0.1) is 0 Å². The number of carboxylic acid groups (broad SMARTS) is 1. The number of hydrogen-bond donors (Lipinski definition) is 2. The van der Waals surface area contributed by atoms with Gasteiger partial charge in [-0.3, -0.25) is 29.6 Å². The summed E-state index contributed by atoms with van der Waals surface area (Å²) in [6.45, 7) is 1.05. The first kappa shape index (κ1) is 16.6. The lowest BCUT2D eigenvalue weighted by atomic mass is 9.99. The molecule has 1 amide bonds. The molecule has 2 aliphatic heterocycles. The van der Waals surface area contributed by atoms with Gasteiger partial charge < -0.3 is 9.90 Å². The highest BCUT2D eigenvalue weighted by Gasteiger charge is 2.51. The Morgan fingerprint density at radius 2 is 2.32 bits per heavy atom. The molecule has 0 aromatic heterocycles. The minimum atomic E-state index is -1.18. The van der Waals surface area contributed by atoms with Crippen LogP contribution in [0.4, 0.5) is 0 Å². The van der Waals surface area contributed by atoms with Crippen LogP contribution in [0.2, 0.25) is 0 Å². The van der Waals surface area contributed by atoms with Crippen LogP contribution < -0.4 is 5.48 Å². The van der Waals surface area contributed by atoms with E-state index in [0.717, 1.165) is 16.7 Å². The SMILES string of the molecule is CC1(C2SC(=S)N(CC(=O)O)C2=O)C=C(C(=O)CC=O)NO1. The molecule has 0 spiro atoms. The number of thiocarbonyl (C=S) groups is 1. The fraction of sp³-hybridized carbons (Fsp3) is 0.417. The number of ketones is 1. The number of aldehydes is 1. The van der Waals surface area contributed by atoms with Gasteiger partial charge in [-0.1, -0.05) is 24.0 Å². The summed E-state index contributed by atoms with van der Waals surface area (Å²) in [6.07, 6.45) is 1.59. The summed E-state index contributed by atoms with van der Waals surface area (Å²) in [5.41, 5.74) is 1.32. The van der Waals surface area contributed by atoms with Gasteiger partial charge in [0.15, 0.2) is 5.78 Å². The first-order chi connectivity index (χ1) is 10.3. The van der Waals surface area contributed by atoms with E-state index >= 15 is 0 Å². The number of hydrogen-bond acceptors (Lipinski definition) is 8. The lowest BCUT2D eigenvalue weighted by Gasteiger charge is -2.24. The molecule has 2 heterocycles. The van der Waals surface area contributed by atoms with E-state index in [2.05, 4.69) is 5.48 Å². The third kappa shape index (κ3) is 3.03. The van der Waals surface area contributed by atoms with Gasteiger partial charge >= 0.3 is 5.97 Å². The van der Waals surface area contributed by atoms with Crippen molar-refractivity contribution in [1.82, 2.24) is 10.4 Å². The largest absolute Gasteiger partial charge is 0.480 e. The van der Waals surface area contributed by atoms with Gasteiger partial charge in [0, 0.05) is 0 Å². The number of rotatable bonds is 6. The first-order valence-corrected chi connectivity index (χ1v) is 7.45. The van der Waals surface area contributed by atoms with Crippen LogP contribution in [-0.4, -0.2) is 55.7 Å². The van der Waals surface area contributed by atoms with Gasteiger partial charge in [-0.25, -0.2) is 0 Å². The second kappa shape index (κ2) is 6.15. The maximum Gasteiger partial charge on any atom is 0.323 e. The van der Waals surface area contributed by atoms with Gasteiger partial charge in [0.25, 0.3) is 0 Å². The van der Waals surface area contributed by atoms with Crippen LogP contribution >= 0.6 is 24.0 Å². The zero-order valence-electron chi connectivity index (χ0n) is 11.4. The zero-order valence-corrected chi connectivity index (χ0v) is 13.0. The van der Waals surface area contributed by atoms with Crippen LogP contribution in [0.1, 0.15) is 13.3 Å². The van der Waals surface area contributed by atoms with Crippen molar-refractivity contribution in [3.8, 4) is 0 Å². The molecule has 118 valence electrons. The number of aliphatic carboxylic acids is 1. The molecule has 0 saturated carbocycles. The molecule has 2 N–H and O–H groups in total. The van der Waals surface area contributed by atoms with Gasteiger partial charge in [-0.2, -0.15) is 0 Å². The van der Waals surface area contributed by atoms with E-state index in [1.54, 1.807) is 6.92 Å². The van der Waals surface area contributed by atoms with E-state index in [1.165, 1.54) is 6.08 Å². The normalized spacial score (nSPS) is 27.6. The molecule has 22 heavy (non-hydrogen) atoms. The number of amides is 1. The fourth-order valence-corrected chi connectivity index (χ4v) is 3.55. The number of carbonyl (C=O) groups is 4. The number of carboxylic acids is 1.